The molecule has 0 saturated carbocycles. The van der Waals surface area contributed by atoms with Gasteiger partial charge in [-0.15, -0.1) is 0 Å². The number of hydrogen-bond acceptors (Lipinski definition) is 11. The van der Waals surface area contributed by atoms with Crippen molar-refractivity contribution in [1.82, 2.24) is 5.32 Å². The van der Waals surface area contributed by atoms with Crippen molar-refractivity contribution in [3.63, 3.8) is 0 Å². The molecule has 0 bridgehead atoms. The second-order valence-electron chi connectivity index (χ2n) is 9.89. The van der Waals surface area contributed by atoms with Crippen LogP contribution in [0.5, 0.6) is 0 Å². The first-order valence-corrected chi connectivity index (χ1v) is 11.2. The van der Waals surface area contributed by atoms with E-state index in [0.29, 0.717) is 0 Å². The highest BCUT2D eigenvalue weighted by molar-refractivity contribution is 5.70. The molecule has 0 aromatic rings. The number of carbonyl (C=O) groups is 5. The third-order valence-corrected chi connectivity index (χ3v) is 4.66. The Morgan fingerprint density at radius 1 is 0.943 bits per heavy atom. The Balaban J connectivity index is 3.53. The Hall–Kier alpha value is -2.89. The standard InChI is InChI=1S/C23H37NO11/c1-12(25)30-11-17(32-14(3)27)19(33-15(4)28)20-18(24-21(29)35-22(5,6)7)16(31-13(2)26)10-23(8,9)34-20/h16-20H,10-11H2,1-9H3,(H,24,29)/t16-,17-,18?,19-,20?/m1/s1. The van der Waals surface area contributed by atoms with E-state index in [4.69, 9.17) is 28.4 Å². The summed E-state index contributed by atoms with van der Waals surface area (Å²) in [5.74, 6) is -2.75. The average Bonchev–Trinajstić information content (AvgIpc) is 2.62. The van der Waals surface area contributed by atoms with Gasteiger partial charge in [-0.05, 0) is 34.6 Å². The maximum Gasteiger partial charge on any atom is 0.408 e. The van der Waals surface area contributed by atoms with Crippen molar-refractivity contribution >= 4 is 30.0 Å². The van der Waals surface area contributed by atoms with Crippen LogP contribution in [0.15, 0.2) is 0 Å². The summed E-state index contributed by atoms with van der Waals surface area (Å²) in [6, 6.07) is -1.08. The predicted octanol–water partition coefficient (Wildman–Crippen LogP) is 1.81. The monoisotopic (exact) mass is 503 g/mol. The summed E-state index contributed by atoms with van der Waals surface area (Å²) in [6.07, 6.45) is -5.41. The lowest BCUT2D eigenvalue weighted by atomic mass is 9.85. The van der Waals surface area contributed by atoms with E-state index in [1.165, 1.54) is 6.92 Å². The maximum absolute atomic E-state index is 12.7. The first kappa shape index (κ1) is 30.1. The lowest BCUT2D eigenvalue weighted by Crippen LogP contribution is -2.66. The van der Waals surface area contributed by atoms with Crippen LogP contribution in [0.1, 0.15) is 68.7 Å². The summed E-state index contributed by atoms with van der Waals surface area (Å²) < 4.78 is 32.8. The molecule has 5 atom stereocenters. The van der Waals surface area contributed by atoms with Crippen LogP contribution in [-0.4, -0.2) is 78.2 Å². The molecule has 1 heterocycles. The van der Waals surface area contributed by atoms with Crippen LogP contribution in [0.4, 0.5) is 4.79 Å². The van der Waals surface area contributed by atoms with Crippen molar-refractivity contribution in [3.8, 4) is 0 Å². The maximum atomic E-state index is 12.7. The molecule has 1 fully saturated rings. The number of esters is 4. The van der Waals surface area contributed by atoms with E-state index >= 15 is 0 Å². The van der Waals surface area contributed by atoms with Gasteiger partial charge in [0.25, 0.3) is 0 Å². The summed E-state index contributed by atoms with van der Waals surface area (Å²) >= 11 is 0. The minimum Gasteiger partial charge on any atom is -0.462 e. The van der Waals surface area contributed by atoms with Crippen LogP contribution in [0.2, 0.25) is 0 Å². The highest BCUT2D eigenvalue weighted by atomic mass is 16.6. The van der Waals surface area contributed by atoms with Gasteiger partial charge in [-0.3, -0.25) is 19.2 Å². The predicted molar refractivity (Wildman–Crippen MR) is 120 cm³/mol. The van der Waals surface area contributed by atoms with Gasteiger partial charge in [0.15, 0.2) is 12.2 Å². The lowest BCUT2D eigenvalue weighted by Gasteiger charge is -2.48. The van der Waals surface area contributed by atoms with Crippen LogP contribution in [0.3, 0.4) is 0 Å². The Kier molecular flexibility index (Phi) is 10.5. The summed E-state index contributed by atoms with van der Waals surface area (Å²) in [6.45, 7) is 12.7. The summed E-state index contributed by atoms with van der Waals surface area (Å²) in [7, 11) is 0. The van der Waals surface area contributed by atoms with Gasteiger partial charge in [-0.25, -0.2) is 4.79 Å². The zero-order valence-corrected chi connectivity index (χ0v) is 21.8. The van der Waals surface area contributed by atoms with Crippen molar-refractivity contribution in [2.45, 2.75) is 110 Å². The van der Waals surface area contributed by atoms with E-state index in [0.717, 1.165) is 20.8 Å². The molecule has 1 rings (SSSR count). The number of amides is 1. The Labute approximate surface area is 205 Å². The van der Waals surface area contributed by atoms with Crippen molar-refractivity contribution < 1.29 is 52.4 Å². The smallest absolute Gasteiger partial charge is 0.408 e. The lowest BCUT2D eigenvalue weighted by molar-refractivity contribution is -0.229. The van der Waals surface area contributed by atoms with E-state index in [1.54, 1.807) is 34.6 Å². The second kappa shape index (κ2) is 12.2. The molecule has 1 aliphatic heterocycles. The van der Waals surface area contributed by atoms with Crippen LogP contribution in [0, 0.1) is 0 Å². The second-order valence-corrected chi connectivity index (χ2v) is 9.89. The van der Waals surface area contributed by atoms with Crippen LogP contribution < -0.4 is 5.32 Å². The van der Waals surface area contributed by atoms with Crippen molar-refractivity contribution in [2.75, 3.05) is 6.61 Å². The van der Waals surface area contributed by atoms with E-state index in [-0.39, 0.29) is 6.42 Å². The molecule has 200 valence electrons. The first-order chi connectivity index (χ1) is 15.9. The molecule has 12 nitrogen and oxygen atoms in total. The number of alkyl carbamates (subject to hydrolysis) is 1. The Morgan fingerprint density at radius 2 is 1.51 bits per heavy atom. The molecule has 1 amide bonds. The Bertz CT molecular complexity index is 802. The SMILES string of the molecule is CC(=O)OC[C@@H](OC(C)=O)[C@@H](OC(C)=O)C1OC(C)(C)C[C@@H](OC(C)=O)C1NC(=O)OC(C)(C)C. The molecule has 1 saturated heterocycles. The van der Waals surface area contributed by atoms with Crippen LogP contribution in [-0.2, 0) is 47.6 Å². The van der Waals surface area contributed by atoms with Crippen molar-refractivity contribution in [3.05, 3.63) is 0 Å². The number of hydrogen-bond donors (Lipinski definition) is 1. The van der Waals surface area contributed by atoms with Crippen molar-refractivity contribution in [1.29, 1.82) is 0 Å². The molecule has 0 aromatic carbocycles. The minimum absolute atomic E-state index is 0.179. The summed E-state index contributed by atoms with van der Waals surface area (Å²) in [4.78, 5) is 59.9. The molecule has 2 unspecified atom stereocenters. The highest BCUT2D eigenvalue weighted by Crippen LogP contribution is 2.34. The van der Waals surface area contributed by atoms with Crippen LogP contribution >= 0.6 is 0 Å². The van der Waals surface area contributed by atoms with E-state index < -0.39 is 78.2 Å². The van der Waals surface area contributed by atoms with Crippen LogP contribution in [0.25, 0.3) is 0 Å². The average molecular weight is 504 g/mol. The van der Waals surface area contributed by atoms with E-state index in [1.807, 2.05) is 0 Å². The van der Waals surface area contributed by atoms with Gasteiger partial charge < -0.3 is 33.7 Å². The topological polar surface area (TPSA) is 153 Å². The molecule has 12 heteroatoms. The number of ether oxygens (including phenoxy) is 6. The molecular formula is C23H37NO11. The molecule has 0 aliphatic carbocycles. The fourth-order valence-electron chi connectivity index (χ4n) is 3.69. The zero-order valence-electron chi connectivity index (χ0n) is 21.8. The number of rotatable bonds is 8. The molecule has 35 heavy (non-hydrogen) atoms. The fourth-order valence-corrected chi connectivity index (χ4v) is 3.69. The third kappa shape index (κ3) is 10.9. The summed E-state index contributed by atoms with van der Waals surface area (Å²) in [5.41, 5.74) is -1.76. The Morgan fingerprint density at radius 3 is 1.97 bits per heavy atom. The largest absolute Gasteiger partial charge is 0.462 e. The number of nitrogens with one attached hydrogen (secondary N) is 1. The van der Waals surface area contributed by atoms with Gasteiger partial charge in [0.1, 0.15) is 24.4 Å². The van der Waals surface area contributed by atoms with Gasteiger partial charge >= 0.3 is 30.0 Å². The third-order valence-electron chi connectivity index (χ3n) is 4.66. The van der Waals surface area contributed by atoms with E-state index in [9.17, 15) is 24.0 Å². The molecule has 0 radical (unpaired) electrons. The van der Waals surface area contributed by atoms with E-state index in [2.05, 4.69) is 5.32 Å². The molecule has 0 aromatic heterocycles. The van der Waals surface area contributed by atoms with Gasteiger partial charge in [0, 0.05) is 34.1 Å². The highest BCUT2D eigenvalue weighted by Gasteiger charge is 2.52. The quantitative estimate of drug-likeness (QED) is 0.381. The molecule has 0 spiro atoms. The minimum atomic E-state index is -1.35. The van der Waals surface area contributed by atoms with Gasteiger partial charge in [0.05, 0.1) is 11.6 Å². The first-order valence-electron chi connectivity index (χ1n) is 11.2. The van der Waals surface area contributed by atoms with Crippen molar-refractivity contribution in [2.24, 2.45) is 0 Å². The zero-order chi connectivity index (χ0) is 27.1. The van der Waals surface area contributed by atoms with Gasteiger partial charge in [0.2, 0.25) is 0 Å². The van der Waals surface area contributed by atoms with Gasteiger partial charge in [-0.1, -0.05) is 0 Å². The summed E-state index contributed by atoms with van der Waals surface area (Å²) in [5, 5.41) is 2.64. The normalized spacial score (nSPS) is 23.2. The number of carbonyl (C=O) groups excluding carboxylic acids is 5. The molecule has 1 N–H and O–H groups in total. The fraction of sp³-hybridized carbons (Fsp3) is 0.783. The molecule has 1 aliphatic rings. The molecular weight excluding hydrogens is 466 g/mol. The van der Waals surface area contributed by atoms with Gasteiger partial charge in [-0.2, -0.15) is 0 Å².